The van der Waals surface area contributed by atoms with Gasteiger partial charge in [-0.25, -0.2) is 0 Å². The SMILES string of the molecule is C[n+]1ccccc1SCN1CCCCC1.[Cl-]. The quantitative estimate of drug-likeness (QED) is 0.510. The lowest BCUT2D eigenvalue weighted by Gasteiger charge is -2.25. The van der Waals surface area contributed by atoms with Crippen LogP contribution < -0.4 is 17.0 Å². The molecule has 2 rings (SSSR count). The molecule has 0 atom stereocenters. The van der Waals surface area contributed by atoms with Crippen LogP contribution in [0, 0.1) is 0 Å². The number of aromatic nitrogens is 1. The topological polar surface area (TPSA) is 7.12 Å². The maximum absolute atomic E-state index is 2.56. The van der Waals surface area contributed by atoms with Gasteiger partial charge in [-0.05, 0) is 43.8 Å². The average Bonchev–Trinajstić information content (AvgIpc) is 2.29. The standard InChI is InChI=1S/C12H19N2S.ClH/c1-13-8-6-3-7-12(13)15-11-14-9-4-2-5-10-14;/h3,6-8H,2,4-5,9-11H2,1H3;1H/q+1;/p-1. The largest absolute Gasteiger partial charge is 1.00 e. The van der Waals surface area contributed by atoms with Crippen LogP contribution in [0.25, 0.3) is 0 Å². The molecule has 0 N–H and O–H groups in total. The number of nitrogens with zero attached hydrogens (tertiary/aromatic N) is 2. The van der Waals surface area contributed by atoms with Crippen LogP contribution >= 0.6 is 11.8 Å². The Balaban J connectivity index is 0.00000128. The van der Waals surface area contributed by atoms with E-state index in [1.165, 1.54) is 37.4 Å². The van der Waals surface area contributed by atoms with Crippen molar-refractivity contribution in [1.82, 2.24) is 4.90 Å². The Hall–Kier alpha value is -0.250. The summed E-state index contributed by atoms with van der Waals surface area (Å²) in [5.74, 6) is 1.14. The molecule has 1 fully saturated rings. The van der Waals surface area contributed by atoms with Gasteiger partial charge in [-0.2, -0.15) is 4.57 Å². The molecule has 2 nitrogen and oxygen atoms in total. The second-order valence-electron chi connectivity index (χ2n) is 4.10. The summed E-state index contributed by atoms with van der Waals surface area (Å²) < 4.78 is 2.19. The number of hydrogen-bond acceptors (Lipinski definition) is 2. The van der Waals surface area contributed by atoms with E-state index in [9.17, 15) is 0 Å². The third-order valence-corrected chi connectivity index (χ3v) is 4.06. The maximum Gasteiger partial charge on any atom is 0.241 e. The number of likely N-dealkylation sites (tertiary alicyclic amines) is 1. The number of piperidine rings is 1. The van der Waals surface area contributed by atoms with Crippen molar-refractivity contribution in [1.29, 1.82) is 0 Å². The second-order valence-corrected chi connectivity index (χ2v) is 5.07. The normalized spacial score (nSPS) is 16.8. The molecule has 1 aliphatic rings. The van der Waals surface area contributed by atoms with Gasteiger partial charge in [0.2, 0.25) is 5.03 Å². The fraction of sp³-hybridized carbons (Fsp3) is 0.583. The minimum Gasteiger partial charge on any atom is -1.00 e. The molecule has 0 aliphatic carbocycles. The zero-order valence-corrected chi connectivity index (χ0v) is 11.3. The summed E-state index contributed by atoms with van der Waals surface area (Å²) in [4.78, 5) is 2.56. The number of rotatable bonds is 3. The third kappa shape index (κ3) is 3.96. The van der Waals surface area contributed by atoms with Crippen molar-refractivity contribution in [2.24, 2.45) is 7.05 Å². The first kappa shape index (κ1) is 13.8. The Morgan fingerprint density at radius 3 is 2.69 bits per heavy atom. The monoisotopic (exact) mass is 258 g/mol. The molecule has 90 valence electrons. The highest BCUT2D eigenvalue weighted by molar-refractivity contribution is 7.99. The second kappa shape index (κ2) is 7.15. The van der Waals surface area contributed by atoms with E-state index in [0.29, 0.717) is 0 Å². The number of thioether (sulfide) groups is 1. The van der Waals surface area contributed by atoms with Crippen LogP contribution in [0.15, 0.2) is 29.4 Å². The van der Waals surface area contributed by atoms with E-state index in [4.69, 9.17) is 0 Å². The first-order valence-corrected chi connectivity index (χ1v) is 6.64. The van der Waals surface area contributed by atoms with Gasteiger partial charge in [0.05, 0.1) is 5.88 Å². The van der Waals surface area contributed by atoms with E-state index in [1.54, 1.807) is 0 Å². The molecular formula is C12H19ClN2S. The Morgan fingerprint density at radius 1 is 1.25 bits per heavy atom. The first-order chi connectivity index (χ1) is 7.36. The van der Waals surface area contributed by atoms with Crippen molar-refractivity contribution in [2.75, 3.05) is 19.0 Å². The highest BCUT2D eigenvalue weighted by Crippen LogP contribution is 2.17. The van der Waals surface area contributed by atoms with Crippen molar-refractivity contribution >= 4 is 11.8 Å². The van der Waals surface area contributed by atoms with Gasteiger partial charge in [-0.15, -0.1) is 0 Å². The summed E-state index contributed by atoms with van der Waals surface area (Å²) >= 11 is 1.94. The van der Waals surface area contributed by atoms with Crippen LogP contribution in [0.5, 0.6) is 0 Å². The molecule has 0 amide bonds. The molecule has 0 bridgehead atoms. The lowest BCUT2D eigenvalue weighted by atomic mass is 10.1. The van der Waals surface area contributed by atoms with Gasteiger partial charge in [0.25, 0.3) is 0 Å². The Morgan fingerprint density at radius 2 is 2.00 bits per heavy atom. The minimum absolute atomic E-state index is 0. The number of hydrogen-bond donors (Lipinski definition) is 0. The minimum atomic E-state index is 0. The van der Waals surface area contributed by atoms with E-state index in [1.807, 2.05) is 11.8 Å². The molecule has 1 aromatic heterocycles. The number of halogens is 1. The third-order valence-electron chi connectivity index (χ3n) is 2.85. The van der Waals surface area contributed by atoms with Gasteiger partial charge in [-0.1, -0.05) is 6.42 Å². The van der Waals surface area contributed by atoms with Crippen molar-refractivity contribution in [3.05, 3.63) is 24.4 Å². The van der Waals surface area contributed by atoms with Gasteiger partial charge in [0.1, 0.15) is 7.05 Å². The summed E-state index contributed by atoms with van der Waals surface area (Å²) in [6.45, 7) is 2.56. The van der Waals surface area contributed by atoms with Crippen molar-refractivity contribution in [3.63, 3.8) is 0 Å². The van der Waals surface area contributed by atoms with Gasteiger partial charge in [-0.3, -0.25) is 4.90 Å². The summed E-state index contributed by atoms with van der Waals surface area (Å²) in [7, 11) is 2.11. The molecular weight excluding hydrogens is 240 g/mol. The molecule has 0 aromatic carbocycles. The molecule has 2 heterocycles. The van der Waals surface area contributed by atoms with E-state index >= 15 is 0 Å². The Kier molecular flexibility index (Phi) is 6.17. The van der Waals surface area contributed by atoms with E-state index in [2.05, 4.69) is 40.9 Å². The zero-order valence-electron chi connectivity index (χ0n) is 9.73. The average molecular weight is 259 g/mol. The zero-order chi connectivity index (χ0) is 10.5. The molecule has 0 saturated carbocycles. The van der Waals surface area contributed by atoms with Crippen LogP contribution in [-0.4, -0.2) is 23.9 Å². The van der Waals surface area contributed by atoms with Gasteiger partial charge < -0.3 is 12.4 Å². The van der Waals surface area contributed by atoms with Crippen LogP contribution in [0.1, 0.15) is 19.3 Å². The summed E-state index contributed by atoms with van der Waals surface area (Å²) in [5, 5.41) is 1.35. The smallest absolute Gasteiger partial charge is 0.241 e. The van der Waals surface area contributed by atoms with Gasteiger partial charge in [0.15, 0.2) is 6.20 Å². The summed E-state index contributed by atoms with van der Waals surface area (Å²) in [5.41, 5.74) is 0. The predicted molar refractivity (Wildman–Crippen MR) is 63.8 cm³/mol. The number of aryl methyl sites for hydroxylation is 1. The maximum atomic E-state index is 2.56. The van der Waals surface area contributed by atoms with Crippen molar-refractivity contribution < 1.29 is 17.0 Å². The Labute approximate surface area is 108 Å². The lowest BCUT2D eigenvalue weighted by molar-refractivity contribution is -0.708. The fourth-order valence-electron chi connectivity index (χ4n) is 1.90. The van der Waals surface area contributed by atoms with Crippen LogP contribution in [0.3, 0.4) is 0 Å². The lowest BCUT2D eigenvalue weighted by Crippen LogP contribution is -3.00. The molecule has 4 heteroatoms. The molecule has 0 unspecified atom stereocenters. The highest BCUT2D eigenvalue weighted by Gasteiger charge is 2.12. The summed E-state index contributed by atoms with van der Waals surface area (Å²) in [6, 6.07) is 6.37. The predicted octanol–water partition coefficient (Wildman–Crippen LogP) is -0.949. The fourth-order valence-corrected chi connectivity index (χ4v) is 2.92. The summed E-state index contributed by atoms with van der Waals surface area (Å²) in [6.07, 6.45) is 6.28. The molecule has 1 saturated heterocycles. The Bertz CT molecular complexity index is 314. The number of pyridine rings is 1. The molecule has 0 spiro atoms. The van der Waals surface area contributed by atoms with Gasteiger partial charge >= 0.3 is 0 Å². The highest BCUT2D eigenvalue weighted by atomic mass is 35.5. The van der Waals surface area contributed by atoms with E-state index in [0.717, 1.165) is 5.88 Å². The van der Waals surface area contributed by atoms with Crippen molar-refractivity contribution in [2.45, 2.75) is 24.3 Å². The van der Waals surface area contributed by atoms with E-state index in [-0.39, 0.29) is 12.4 Å². The van der Waals surface area contributed by atoms with Gasteiger partial charge in [0, 0.05) is 12.1 Å². The van der Waals surface area contributed by atoms with Crippen LogP contribution in [-0.2, 0) is 7.05 Å². The molecule has 0 radical (unpaired) electrons. The van der Waals surface area contributed by atoms with Crippen LogP contribution in [0.2, 0.25) is 0 Å². The van der Waals surface area contributed by atoms with E-state index < -0.39 is 0 Å². The molecule has 1 aromatic rings. The van der Waals surface area contributed by atoms with Crippen LogP contribution in [0.4, 0.5) is 0 Å². The van der Waals surface area contributed by atoms with Crippen molar-refractivity contribution in [3.8, 4) is 0 Å². The molecule has 1 aliphatic heterocycles. The first-order valence-electron chi connectivity index (χ1n) is 5.66. The molecule has 16 heavy (non-hydrogen) atoms.